The van der Waals surface area contributed by atoms with E-state index in [2.05, 4.69) is 52.8 Å². The van der Waals surface area contributed by atoms with Crippen LogP contribution in [-0.4, -0.2) is 44.5 Å². The van der Waals surface area contributed by atoms with Crippen molar-refractivity contribution in [3.05, 3.63) is 11.9 Å². The lowest BCUT2D eigenvalue weighted by molar-refractivity contribution is -0.133. The van der Waals surface area contributed by atoms with Gasteiger partial charge >= 0.3 is 0 Å². The van der Waals surface area contributed by atoms with Gasteiger partial charge in [-0.3, -0.25) is 5.10 Å². The normalized spacial score (nSPS) is 21.4. The Labute approximate surface area is 118 Å². The molecule has 0 radical (unpaired) electrons. The lowest BCUT2D eigenvalue weighted by Crippen LogP contribution is -2.57. The van der Waals surface area contributed by atoms with Gasteiger partial charge in [0.05, 0.1) is 23.1 Å². The number of aryl methyl sites for hydroxylation is 1. The summed E-state index contributed by atoms with van der Waals surface area (Å²) in [5.41, 5.74) is 2.22. The lowest BCUT2D eigenvalue weighted by atomic mass is 9.99. The molecule has 0 aromatic carbocycles. The quantitative estimate of drug-likeness (QED) is 0.863. The van der Waals surface area contributed by atoms with Crippen molar-refractivity contribution >= 4 is 17.0 Å². The Kier molecular flexibility index (Phi) is 2.76. The molecule has 1 aliphatic rings. The van der Waals surface area contributed by atoms with Crippen molar-refractivity contribution in [2.24, 2.45) is 0 Å². The molecule has 0 spiro atoms. The van der Waals surface area contributed by atoms with Crippen LogP contribution in [0.3, 0.4) is 0 Å². The number of aromatic nitrogens is 4. The molecule has 1 N–H and O–H groups in total. The van der Waals surface area contributed by atoms with E-state index in [4.69, 9.17) is 4.74 Å². The molecule has 1 fully saturated rings. The fourth-order valence-electron chi connectivity index (χ4n) is 3.01. The third-order valence-electron chi connectivity index (χ3n) is 3.44. The van der Waals surface area contributed by atoms with E-state index >= 15 is 0 Å². The van der Waals surface area contributed by atoms with E-state index in [1.807, 2.05) is 6.92 Å². The van der Waals surface area contributed by atoms with Gasteiger partial charge in [0, 0.05) is 13.1 Å². The van der Waals surface area contributed by atoms with Crippen molar-refractivity contribution in [2.45, 2.75) is 45.8 Å². The molecule has 0 saturated carbocycles. The average Bonchev–Trinajstić information content (AvgIpc) is 2.67. The van der Waals surface area contributed by atoms with E-state index in [1.165, 1.54) is 0 Å². The Bertz CT molecular complexity index is 630. The van der Waals surface area contributed by atoms with E-state index in [1.54, 1.807) is 6.20 Å². The van der Waals surface area contributed by atoms with Gasteiger partial charge in [0.15, 0.2) is 0 Å². The first-order chi connectivity index (χ1) is 9.26. The Morgan fingerprint density at radius 2 is 1.85 bits per heavy atom. The van der Waals surface area contributed by atoms with Crippen molar-refractivity contribution < 1.29 is 4.74 Å². The van der Waals surface area contributed by atoms with E-state index < -0.39 is 0 Å². The molecule has 0 aliphatic carbocycles. The van der Waals surface area contributed by atoms with Crippen molar-refractivity contribution in [3.63, 3.8) is 0 Å². The minimum absolute atomic E-state index is 0.217. The standard InChI is InChI=1S/C14H21N5O/c1-9-11-10(18-17-9)6-15-12(16-11)19-7-13(2,3)20-14(4,5)8-19/h6H,7-8H2,1-5H3,(H,17,18). The summed E-state index contributed by atoms with van der Waals surface area (Å²) in [6.45, 7) is 11.9. The van der Waals surface area contributed by atoms with Gasteiger partial charge in [0.1, 0.15) is 11.0 Å². The number of aromatic amines is 1. The van der Waals surface area contributed by atoms with Crippen molar-refractivity contribution in [1.82, 2.24) is 20.2 Å². The predicted octanol–water partition coefficient (Wildman–Crippen LogP) is 2.06. The molecule has 1 aliphatic heterocycles. The number of H-pyrrole nitrogens is 1. The van der Waals surface area contributed by atoms with Crippen LogP contribution < -0.4 is 4.90 Å². The Morgan fingerprint density at radius 1 is 1.20 bits per heavy atom. The number of hydrogen-bond acceptors (Lipinski definition) is 5. The molecule has 20 heavy (non-hydrogen) atoms. The van der Waals surface area contributed by atoms with Crippen LogP contribution in [0.4, 0.5) is 5.95 Å². The third-order valence-corrected chi connectivity index (χ3v) is 3.44. The van der Waals surface area contributed by atoms with Crippen molar-refractivity contribution in [2.75, 3.05) is 18.0 Å². The van der Waals surface area contributed by atoms with Gasteiger partial charge in [-0.25, -0.2) is 9.97 Å². The predicted molar refractivity (Wildman–Crippen MR) is 77.9 cm³/mol. The van der Waals surface area contributed by atoms with Crippen LogP contribution in [0, 0.1) is 6.92 Å². The van der Waals surface area contributed by atoms with Gasteiger partial charge in [-0.05, 0) is 34.6 Å². The molecule has 1 saturated heterocycles. The molecule has 3 heterocycles. The second kappa shape index (κ2) is 4.15. The van der Waals surface area contributed by atoms with Crippen LogP contribution >= 0.6 is 0 Å². The maximum Gasteiger partial charge on any atom is 0.226 e. The number of ether oxygens (including phenoxy) is 1. The van der Waals surface area contributed by atoms with E-state index in [9.17, 15) is 0 Å². The van der Waals surface area contributed by atoms with E-state index in [0.717, 1.165) is 35.8 Å². The number of nitrogens with zero attached hydrogens (tertiary/aromatic N) is 4. The first-order valence-electron chi connectivity index (χ1n) is 6.89. The molecule has 0 unspecified atom stereocenters. The number of nitrogens with one attached hydrogen (secondary N) is 1. The minimum atomic E-state index is -0.217. The molecular formula is C14H21N5O. The second-order valence-electron chi connectivity index (χ2n) is 6.72. The van der Waals surface area contributed by atoms with Crippen molar-refractivity contribution in [1.29, 1.82) is 0 Å². The molecule has 3 rings (SSSR count). The number of fused-ring (bicyclic) bond motifs is 1. The zero-order valence-corrected chi connectivity index (χ0v) is 12.7. The third kappa shape index (κ3) is 2.35. The highest BCUT2D eigenvalue weighted by atomic mass is 16.5. The van der Waals surface area contributed by atoms with Crippen LogP contribution in [-0.2, 0) is 4.74 Å². The van der Waals surface area contributed by atoms with Gasteiger partial charge in [0.2, 0.25) is 5.95 Å². The zero-order valence-electron chi connectivity index (χ0n) is 12.7. The molecule has 6 heteroatoms. The van der Waals surface area contributed by atoms with Crippen LogP contribution in [0.1, 0.15) is 33.4 Å². The summed E-state index contributed by atoms with van der Waals surface area (Å²) in [7, 11) is 0. The first-order valence-corrected chi connectivity index (χ1v) is 6.89. The largest absolute Gasteiger partial charge is 0.366 e. The summed E-state index contributed by atoms with van der Waals surface area (Å²) in [6.07, 6.45) is 1.80. The van der Waals surface area contributed by atoms with Gasteiger partial charge in [0.25, 0.3) is 0 Å². The number of morpholine rings is 1. The fourth-order valence-corrected chi connectivity index (χ4v) is 3.01. The smallest absolute Gasteiger partial charge is 0.226 e. The van der Waals surface area contributed by atoms with Crippen LogP contribution in [0.5, 0.6) is 0 Å². The molecule has 2 aromatic rings. The van der Waals surface area contributed by atoms with Crippen LogP contribution in [0.15, 0.2) is 6.20 Å². The highest BCUT2D eigenvalue weighted by Crippen LogP contribution is 2.30. The van der Waals surface area contributed by atoms with Crippen LogP contribution in [0.25, 0.3) is 11.0 Å². The molecule has 0 atom stereocenters. The second-order valence-corrected chi connectivity index (χ2v) is 6.72. The van der Waals surface area contributed by atoms with E-state index in [0.29, 0.717) is 0 Å². The highest BCUT2D eigenvalue weighted by molar-refractivity contribution is 5.76. The summed E-state index contributed by atoms with van der Waals surface area (Å²) in [4.78, 5) is 11.3. The molecule has 6 nitrogen and oxygen atoms in total. The van der Waals surface area contributed by atoms with Gasteiger partial charge < -0.3 is 9.64 Å². The maximum absolute atomic E-state index is 6.09. The molecule has 108 valence electrons. The summed E-state index contributed by atoms with van der Waals surface area (Å²) in [6, 6.07) is 0. The zero-order chi connectivity index (χ0) is 14.5. The molecule has 0 bridgehead atoms. The summed E-state index contributed by atoms with van der Waals surface area (Å²) in [5.74, 6) is 0.742. The highest BCUT2D eigenvalue weighted by Gasteiger charge is 2.39. The number of anilines is 1. The van der Waals surface area contributed by atoms with Gasteiger partial charge in [-0.2, -0.15) is 5.10 Å². The Morgan fingerprint density at radius 3 is 2.50 bits per heavy atom. The number of hydrogen-bond donors (Lipinski definition) is 1. The monoisotopic (exact) mass is 275 g/mol. The average molecular weight is 275 g/mol. The fraction of sp³-hybridized carbons (Fsp3) is 0.643. The maximum atomic E-state index is 6.09. The minimum Gasteiger partial charge on any atom is -0.366 e. The molecular weight excluding hydrogens is 254 g/mol. The molecule has 2 aromatic heterocycles. The topological polar surface area (TPSA) is 66.9 Å². The number of rotatable bonds is 1. The summed E-state index contributed by atoms with van der Waals surface area (Å²) < 4.78 is 6.09. The van der Waals surface area contributed by atoms with Gasteiger partial charge in [-0.15, -0.1) is 0 Å². The molecule has 0 amide bonds. The summed E-state index contributed by atoms with van der Waals surface area (Å²) >= 11 is 0. The summed E-state index contributed by atoms with van der Waals surface area (Å²) in [5, 5.41) is 7.10. The van der Waals surface area contributed by atoms with Gasteiger partial charge in [-0.1, -0.05) is 0 Å². The van der Waals surface area contributed by atoms with Crippen molar-refractivity contribution in [3.8, 4) is 0 Å². The SMILES string of the molecule is Cc1n[nH]c2cnc(N3CC(C)(C)OC(C)(C)C3)nc12. The lowest BCUT2D eigenvalue weighted by Gasteiger charge is -2.47. The first kappa shape index (κ1) is 13.3. The Balaban J connectivity index is 1.99. The van der Waals surface area contributed by atoms with Crippen LogP contribution in [0.2, 0.25) is 0 Å². The Hall–Kier alpha value is -1.69. The van der Waals surface area contributed by atoms with E-state index in [-0.39, 0.29) is 11.2 Å².